The standard InChI is InChI=1S/C22H33BrO4Si/c1-19(2,3)28(7,8)26-17-12-20(4,5)22(21(6,13-17)27-22)10-9-15-11-16(14-23)25-18(15)24/h9-11,14,17H,12-13H2,1-8H3/b10-9+,16-14+/t17-,21+,22-/m0/s1. The normalized spacial score (nSPS) is 36.5. The summed E-state index contributed by atoms with van der Waals surface area (Å²) in [6, 6.07) is 0. The van der Waals surface area contributed by atoms with E-state index in [1.54, 1.807) is 11.1 Å². The Morgan fingerprint density at radius 3 is 2.39 bits per heavy atom. The predicted molar refractivity (Wildman–Crippen MR) is 118 cm³/mol. The molecule has 0 radical (unpaired) electrons. The molecule has 6 heteroatoms. The monoisotopic (exact) mass is 468 g/mol. The second-order valence-corrected chi connectivity index (χ2v) is 15.9. The fourth-order valence-electron chi connectivity index (χ4n) is 4.50. The third-order valence-electron chi connectivity index (χ3n) is 7.11. The minimum absolute atomic E-state index is 0.0965. The van der Waals surface area contributed by atoms with Crippen LogP contribution in [0.2, 0.25) is 18.1 Å². The zero-order valence-electron chi connectivity index (χ0n) is 18.3. The number of carbonyl (C=O) groups is 1. The summed E-state index contributed by atoms with van der Waals surface area (Å²) < 4.78 is 18.3. The maximum Gasteiger partial charge on any atom is 0.343 e. The first-order valence-corrected chi connectivity index (χ1v) is 13.8. The quantitative estimate of drug-likeness (QED) is 0.288. The van der Waals surface area contributed by atoms with E-state index in [0.29, 0.717) is 11.3 Å². The van der Waals surface area contributed by atoms with Crippen molar-refractivity contribution in [3.05, 3.63) is 34.5 Å². The summed E-state index contributed by atoms with van der Waals surface area (Å²) in [5.74, 6) is 0.195. The Hall–Kier alpha value is -0.693. The Morgan fingerprint density at radius 2 is 1.89 bits per heavy atom. The molecule has 0 bridgehead atoms. The second kappa shape index (κ2) is 6.66. The van der Waals surface area contributed by atoms with E-state index in [-0.39, 0.29) is 33.7 Å². The highest BCUT2D eigenvalue weighted by Crippen LogP contribution is 2.66. The zero-order valence-corrected chi connectivity index (χ0v) is 20.9. The smallest absolute Gasteiger partial charge is 0.343 e. The van der Waals surface area contributed by atoms with Crippen LogP contribution >= 0.6 is 15.9 Å². The molecule has 0 amide bonds. The number of halogens is 1. The lowest BCUT2D eigenvalue weighted by Crippen LogP contribution is -2.51. The number of esters is 1. The minimum Gasteiger partial charge on any atom is -0.422 e. The van der Waals surface area contributed by atoms with Gasteiger partial charge >= 0.3 is 5.97 Å². The molecular weight excluding hydrogens is 436 g/mol. The average Bonchev–Trinajstić information content (AvgIpc) is 2.98. The van der Waals surface area contributed by atoms with Gasteiger partial charge < -0.3 is 13.9 Å². The second-order valence-electron chi connectivity index (χ2n) is 10.7. The number of carbonyl (C=O) groups excluding carboxylic acids is 1. The van der Waals surface area contributed by atoms with Crippen molar-refractivity contribution in [2.24, 2.45) is 5.41 Å². The fraction of sp³-hybridized carbons (Fsp3) is 0.682. The molecule has 2 fully saturated rings. The van der Waals surface area contributed by atoms with E-state index in [0.717, 1.165) is 12.8 Å². The van der Waals surface area contributed by atoms with E-state index in [9.17, 15) is 4.79 Å². The number of fused-ring (bicyclic) bond motifs is 1. The lowest BCUT2D eigenvalue weighted by molar-refractivity contribution is -0.132. The topological polar surface area (TPSA) is 48.1 Å². The molecular formula is C22H33BrO4Si. The molecule has 156 valence electrons. The summed E-state index contributed by atoms with van der Waals surface area (Å²) in [5, 5.41) is 0.187. The third-order valence-corrected chi connectivity index (χ3v) is 12.1. The van der Waals surface area contributed by atoms with Crippen LogP contribution in [0.5, 0.6) is 0 Å². The van der Waals surface area contributed by atoms with Crippen molar-refractivity contribution in [1.29, 1.82) is 0 Å². The van der Waals surface area contributed by atoms with Crippen LogP contribution in [0, 0.1) is 5.41 Å². The molecule has 0 aromatic rings. The molecule has 2 heterocycles. The summed E-state index contributed by atoms with van der Waals surface area (Å²) in [6.45, 7) is 18.1. The molecule has 0 unspecified atom stereocenters. The van der Waals surface area contributed by atoms with Gasteiger partial charge in [0.05, 0.1) is 5.57 Å². The molecule has 3 atom stereocenters. The molecule has 1 saturated heterocycles. The Morgan fingerprint density at radius 1 is 1.25 bits per heavy atom. The van der Waals surface area contributed by atoms with Crippen LogP contribution in [0.3, 0.4) is 0 Å². The van der Waals surface area contributed by atoms with Crippen molar-refractivity contribution in [2.45, 2.75) is 89.8 Å². The van der Waals surface area contributed by atoms with Gasteiger partial charge in [-0.05, 0) is 49.7 Å². The molecule has 0 N–H and O–H groups in total. The number of epoxide rings is 1. The van der Waals surface area contributed by atoms with Crippen LogP contribution in [0.25, 0.3) is 0 Å². The van der Waals surface area contributed by atoms with Gasteiger partial charge in [-0.25, -0.2) is 4.79 Å². The highest BCUT2D eigenvalue weighted by Gasteiger charge is 2.75. The van der Waals surface area contributed by atoms with Gasteiger partial charge in [0.2, 0.25) is 0 Å². The van der Waals surface area contributed by atoms with Crippen molar-refractivity contribution < 1.29 is 18.7 Å². The summed E-state index contributed by atoms with van der Waals surface area (Å²) in [7, 11) is -1.84. The molecule has 28 heavy (non-hydrogen) atoms. The van der Waals surface area contributed by atoms with E-state index in [1.807, 2.05) is 6.08 Å². The molecule has 0 spiro atoms. The Balaban J connectivity index is 1.80. The first-order chi connectivity index (χ1) is 12.7. The van der Waals surface area contributed by atoms with Gasteiger partial charge in [-0.3, -0.25) is 0 Å². The molecule has 0 aromatic carbocycles. The molecule has 4 nitrogen and oxygen atoms in total. The van der Waals surface area contributed by atoms with E-state index in [4.69, 9.17) is 13.9 Å². The van der Waals surface area contributed by atoms with E-state index < -0.39 is 8.32 Å². The Labute approximate surface area is 178 Å². The van der Waals surface area contributed by atoms with Gasteiger partial charge in [0, 0.05) is 22.9 Å². The number of hydrogen-bond donors (Lipinski definition) is 0. The van der Waals surface area contributed by atoms with E-state index in [2.05, 4.69) is 76.6 Å². The van der Waals surface area contributed by atoms with Gasteiger partial charge in [-0.2, -0.15) is 0 Å². The van der Waals surface area contributed by atoms with Crippen molar-refractivity contribution in [2.75, 3.05) is 0 Å². The van der Waals surface area contributed by atoms with Crippen molar-refractivity contribution in [1.82, 2.24) is 0 Å². The molecule has 1 aliphatic carbocycles. The van der Waals surface area contributed by atoms with Gasteiger partial charge in [0.15, 0.2) is 8.32 Å². The number of rotatable bonds is 4. The predicted octanol–water partition coefficient (Wildman–Crippen LogP) is 6.00. The average molecular weight is 469 g/mol. The summed E-state index contributed by atoms with van der Waals surface area (Å²) in [5.41, 5.74) is -0.195. The van der Waals surface area contributed by atoms with Crippen LogP contribution < -0.4 is 0 Å². The highest BCUT2D eigenvalue weighted by molar-refractivity contribution is 9.11. The maximum absolute atomic E-state index is 12.0. The number of cyclic esters (lactones) is 1. The Bertz CT molecular complexity index is 774. The summed E-state index contributed by atoms with van der Waals surface area (Å²) >= 11 is 3.21. The van der Waals surface area contributed by atoms with Crippen LogP contribution in [0.4, 0.5) is 0 Å². The SMILES string of the molecule is CC1(C)C[C@H](O[Si](C)(C)C(C)(C)C)C[C@@]2(C)O[C@@]12/C=C/C1=CC(=C\Br)/OC1=O. The Kier molecular flexibility index (Phi) is 5.23. The summed E-state index contributed by atoms with van der Waals surface area (Å²) in [6.07, 6.45) is 7.68. The van der Waals surface area contributed by atoms with Gasteiger partial charge in [0.1, 0.15) is 17.0 Å². The maximum atomic E-state index is 12.0. The van der Waals surface area contributed by atoms with Crippen LogP contribution in [0.1, 0.15) is 54.4 Å². The van der Waals surface area contributed by atoms with Crippen molar-refractivity contribution >= 4 is 30.2 Å². The molecule has 0 aromatic heterocycles. The third kappa shape index (κ3) is 3.51. The lowest BCUT2D eigenvalue weighted by Gasteiger charge is -2.45. The number of hydrogen-bond acceptors (Lipinski definition) is 4. The van der Waals surface area contributed by atoms with Gasteiger partial charge in [0.25, 0.3) is 0 Å². The van der Waals surface area contributed by atoms with Gasteiger partial charge in [-0.15, -0.1) is 0 Å². The number of allylic oxidation sites excluding steroid dienone is 1. The first kappa shape index (κ1) is 22.0. The molecule has 3 aliphatic rings. The van der Waals surface area contributed by atoms with E-state index in [1.165, 1.54) is 0 Å². The fourth-order valence-corrected chi connectivity index (χ4v) is 6.08. The molecule has 2 aliphatic heterocycles. The van der Waals surface area contributed by atoms with Crippen molar-refractivity contribution in [3.63, 3.8) is 0 Å². The number of ether oxygens (including phenoxy) is 2. The lowest BCUT2D eigenvalue weighted by atomic mass is 9.63. The van der Waals surface area contributed by atoms with Crippen LogP contribution in [-0.4, -0.2) is 31.6 Å². The molecule has 3 rings (SSSR count). The first-order valence-electron chi connectivity index (χ1n) is 9.98. The largest absolute Gasteiger partial charge is 0.422 e. The van der Waals surface area contributed by atoms with E-state index >= 15 is 0 Å². The van der Waals surface area contributed by atoms with Crippen LogP contribution in [0.15, 0.2) is 34.5 Å². The zero-order chi connectivity index (χ0) is 21.2. The molecule has 1 saturated carbocycles. The summed E-state index contributed by atoms with van der Waals surface area (Å²) in [4.78, 5) is 13.6. The minimum atomic E-state index is -1.84. The highest BCUT2D eigenvalue weighted by atomic mass is 79.9. The van der Waals surface area contributed by atoms with Crippen LogP contribution in [-0.2, 0) is 18.7 Å². The van der Waals surface area contributed by atoms with Crippen molar-refractivity contribution in [3.8, 4) is 0 Å². The van der Waals surface area contributed by atoms with Gasteiger partial charge in [-0.1, -0.05) is 50.5 Å².